The number of pyridine rings is 1. The molecule has 68 valence electrons. The van der Waals surface area contributed by atoms with Gasteiger partial charge < -0.3 is 5.73 Å². The standard InChI is InChI=1S/C6H4FN3O3/c7-4-3(6(11)13-10-12)1-2-9-5(4)8/h1-2H,(H2,8,9). The molecule has 2 N–H and O–H groups in total. The number of carbonyl (C=O) groups is 1. The average molecular weight is 185 g/mol. The van der Waals surface area contributed by atoms with E-state index in [1.54, 1.807) is 0 Å². The van der Waals surface area contributed by atoms with Gasteiger partial charge in [-0.25, -0.2) is 14.2 Å². The minimum Gasteiger partial charge on any atom is -0.381 e. The van der Waals surface area contributed by atoms with Crippen LogP contribution >= 0.6 is 0 Å². The lowest BCUT2D eigenvalue weighted by Gasteiger charge is -1.99. The second-order valence-electron chi connectivity index (χ2n) is 2.01. The highest BCUT2D eigenvalue weighted by molar-refractivity contribution is 5.90. The van der Waals surface area contributed by atoms with Crippen LogP contribution in [-0.4, -0.2) is 11.0 Å². The maximum atomic E-state index is 12.9. The maximum absolute atomic E-state index is 12.9. The lowest BCUT2D eigenvalue weighted by molar-refractivity contribution is 0.0503. The largest absolute Gasteiger partial charge is 0.381 e. The molecule has 1 aromatic heterocycles. The molecule has 0 unspecified atom stereocenters. The Morgan fingerprint density at radius 3 is 3.00 bits per heavy atom. The molecule has 1 rings (SSSR count). The number of halogens is 1. The highest BCUT2D eigenvalue weighted by Crippen LogP contribution is 2.12. The van der Waals surface area contributed by atoms with Crippen LogP contribution in [0.1, 0.15) is 10.4 Å². The van der Waals surface area contributed by atoms with Crippen molar-refractivity contribution in [3.63, 3.8) is 0 Å². The Labute approximate surface area is 71.4 Å². The summed E-state index contributed by atoms with van der Waals surface area (Å²) in [5, 5.41) is 1.86. The highest BCUT2D eigenvalue weighted by atomic mass is 19.1. The number of rotatable bonds is 2. The molecule has 0 radical (unpaired) electrons. The number of nitrogens with zero attached hydrogens (tertiary/aromatic N) is 2. The zero-order valence-corrected chi connectivity index (χ0v) is 6.23. The summed E-state index contributed by atoms with van der Waals surface area (Å²) in [5.41, 5.74) is 4.57. The third-order valence-electron chi connectivity index (χ3n) is 1.26. The van der Waals surface area contributed by atoms with Crippen molar-refractivity contribution in [3.05, 3.63) is 28.6 Å². The Hall–Kier alpha value is -2.05. The molecule has 0 bridgehead atoms. The van der Waals surface area contributed by atoms with Gasteiger partial charge in [0, 0.05) is 6.20 Å². The molecule has 0 atom stereocenters. The smallest absolute Gasteiger partial charge is 0.372 e. The van der Waals surface area contributed by atoms with E-state index in [4.69, 9.17) is 5.73 Å². The van der Waals surface area contributed by atoms with E-state index in [2.05, 4.69) is 9.82 Å². The Kier molecular flexibility index (Phi) is 2.48. The first-order valence-corrected chi connectivity index (χ1v) is 3.10. The van der Waals surface area contributed by atoms with E-state index in [-0.39, 0.29) is 0 Å². The molecule has 0 aliphatic rings. The van der Waals surface area contributed by atoms with Gasteiger partial charge in [0.2, 0.25) is 0 Å². The molecule has 7 heteroatoms. The van der Waals surface area contributed by atoms with Gasteiger partial charge in [-0.2, -0.15) is 0 Å². The van der Waals surface area contributed by atoms with Gasteiger partial charge >= 0.3 is 5.97 Å². The van der Waals surface area contributed by atoms with Gasteiger partial charge in [0.15, 0.2) is 17.0 Å². The van der Waals surface area contributed by atoms with Gasteiger partial charge in [-0.3, -0.25) is 4.84 Å². The molecule has 0 saturated heterocycles. The second-order valence-corrected chi connectivity index (χ2v) is 2.01. The highest BCUT2D eigenvalue weighted by Gasteiger charge is 2.16. The van der Waals surface area contributed by atoms with Crippen LogP contribution in [0.15, 0.2) is 17.6 Å². The predicted molar refractivity (Wildman–Crippen MR) is 39.8 cm³/mol. The number of nitrogens with two attached hydrogens (primary N) is 1. The fourth-order valence-corrected chi connectivity index (χ4v) is 0.701. The van der Waals surface area contributed by atoms with Crippen LogP contribution in [-0.2, 0) is 4.84 Å². The van der Waals surface area contributed by atoms with Gasteiger partial charge in [-0.15, -0.1) is 4.91 Å². The summed E-state index contributed by atoms with van der Waals surface area (Å²) in [4.78, 5) is 27.3. The van der Waals surface area contributed by atoms with Crippen molar-refractivity contribution in [2.24, 2.45) is 5.34 Å². The van der Waals surface area contributed by atoms with Crippen molar-refractivity contribution in [2.75, 3.05) is 5.73 Å². The Morgan fingerprint density at radius 2 is 2.38 bits per heavy atom. The van der Waals surface area contributed by atoms with Crippen LogP contribution < -0.4 is 5.73 Å². The molecule has 1 heterocycles. The molecule has 0 aliphatic heterocycles. The summed E-state index contributed by atoms with van der Waals surface area (Å²) in [6.45, 7) is 0. The summed E-state index contributed by atoms with van der Waals surface area (Å²) in [6, 6.07) is 1.03. The molecule has 0 aromatic carbocycles. The minimum absolute atomic E-state index is 0.444. The molecule has 0 spiro atoms. The summed E-state index contributed by atoms with van der Waals surface area (Å²) in [6.07, 6.45) is 1.11. The number of aromatic nitrogens is 1. The first kappa shape index (κ1) is 9.04. The number of carbonyl (C=O) groups excluding carboxylic acids is 1. The van der Waals surface area contributed by atoms with E-state index in [9.17, 15) is 14.1 Å². The van der Waals surface area contributed by atoms with E-state index in [0.717, 1.165) is 12.3 Å². The van der Waals surface area contributed by atoms with Crippen LogP contribution in [0.25, 0.3) is 0 Å². The van der Waals surface area contributed by atoms with Crippen molar-refractivity contribution in [3.8, 4) is 0 Å². The quantitative estimate of drug-likeness (QED) is 0.538. The van der Waals surface area contributed by atoms with Crippen molar-refractivity contribution in [1.82, 2.24) is 4.98 Å². The summed E-state index contributed by atoms with van der Waals surface area (Å²) in [5.74, 6) is -2.68. The van der Waals surface area contributed by atoms with Crippen molar-refractivity contribution >= 4 is 11.8 Å². The molecule has 0 saturated carbocycles. The molecule has 1 aromatic rings. The maximum Gasteiger partial charge on any atom is 0.372 e. The van der Waals surface area contributed by atoms with Gasteiger partial charge in [0.1, 0.15) is 5.56 Å². The fraction of sp³-hybridized carbons (Fsp3) is 0. The van der Waals surface area contributed by atoms with Gasteiger partial charge in [0.05, 0.1) is 0 Å². The van der Waals surface area contributed by atoms with Crippen molar-refractivity contribution in [1.29, 1.82) is 0 Å². The van der Waals surface area contributed by atoms with Crippen molar-refractivity contribution < 1.29 is 14.0 Å². The Morgan fingerprint density at radius 1 is 1.69 bits per heavy atom. The lowest BCUT2D eigenvalue weighted by Crippen LogP contribution is -2.07. The molecule has 0 amide bonds. The van der Waals surface area contributed by atoms with Crippen molar-refractivity contribution in [2.45, 2.75) is 0 Å². The van der Waals surface area contributed by atoms with Gasteiger partial charge in [-0.05, 0) is 6.07 Å². The molecule has 13 heavy (non-hydrogen) atoms. The fourth-order valence-electron chi connectivity index (χ4n) is 0.701. The zero-order chi connectivity index (χ0) is 9.84. The van der Waals surface area contributed by atoms with E-state index in [1.807, 2.05) is 5.34 Å². The van der Waals surface area contributed by atoms with E-state index in [0.29, 0.717) is 0 Å². The van der Waals surface area contributed by atoms with E-state index >= 15 is 0 Å². The SMILES string of the molecule is Nc1nccc(C(=O)ON=O)c1F. The van der Waals surface area contributed by atoms with Crippen LogP contribution in [0, 0.1) is 10.7 Å². The number of nitrogen functional groups attached to an aromatic ring is 1. The predicted octanol–water partition coefficient (Wildman–Crippen LogP) is 0.641. The van der Waals surface area contributed by atoms with E-state index < -0.39 is 23.2 Å². The minimum atomic E-state index is -1.21. The molecular formula is C6H4FN3O3. The molecule has 0 aliphatic carbocycles. The summed E-state index contributed by atoms with van der Waals surface area (Å²) in [7, 11) is 0. The Bertz CT molecular complexity index is 355. The van der Waals surface area contributed by atoms with Crippen LogP contribution in [0.5, 0.6) is 0 Å². The molecule has 6 nitrogen and oxygen atoms in total. The normalized spacial score (nSPS) is 9.31. The summed E-state index contributed by atoms with van der Waals surface area (Å²) >= 11 is 0. The lowest BCUT2D eigenvalue weighted by atomic mass is 10.2. The number of hydrogen-bond donors (Lipinski definition) is 1. The summed E-state index contributed by atoms with van der Waals surface area (Å²) < 4.78 is 12.9. The van der Waals surface area contributed by atoms with Gasteiger partial charge in [-0.1, -0.05) is 0 Å². The number of anilines is 1. The third kappa shape index (κ3) is 1.75. The second kappa shape index (κ2) is 3.57. The Balaban J connectivity index is 3.07. The molecular weight excluding hydrogens is 181 g/mol. The van der Waals surface area contributed by atoms with E-state index in [1.165, 1.54) is 0 Å². The average Bonchev–Trinajstić information content (AvgIpc) is 2.10. The molecule has 0 fully saturated rings. The number of hydrogen-bond acceptors (Lipinski definition) is 6. The topological polar surface area (TPSA) is 94.6 Å². The first-order valence-electron chi connectivity index (χ1n) is 3.10. The third-order valence-corrected chi connectivity index (χ3v) is 1.26. The van der Waals surface area contributed by atoms with Crippen LogP contribution in [0.2, 0.25) is 0 Å². The first-order chi connectivity index (χ1) is 6.16. The zero-order valence-electron chi connectivity index (χ0n) is 6.23. The van der Waals surface area contributed by atoms with Crippen LogP contribution in [0.3, 0.4) is 0 Å². The van der Waals surface area contributed by atoms with Gasteiger partial charge in [0.25, 0.3) is 0 Å². The van der Waals surface area contributed by atoms with Crippen LogP contribution in [0.4, 0.5) is 10.2 Å². The monoisotopic (exact) mass is 185 g/mol.